The number of nitrogens with zero attached hydrogens (tertiary/aromatic N) is 2. The Kier molecular flexibility index (Phi) is 15.6. The van der Waals surface area contributed by atoms with Gasteiger partial charge in [-0.15, -0.1) is 12.4 Å². The van der Waals surface area contributed by atoms with Crippen LogP contribution in [0.5, 0.6) is 0 Å². The number of rotatable bonds is 15. The van der Waals surface area contributed by atoms with E-state index in [2.05, 4.69) is 26.0 Å². The van der Waals surface area contributed by atoms with Crippen molar-refractivity contribution >= 4 is 29.9 Å². The van der Waals surface area contributed by atoms with Crippen molar-refractivity contribution in [2.45, 2.75) is 77.7 Å². The summed E-state index contributed by atoms with van der Waals surface area (Å²) in [4.78, 5) is 4.26. The third kappa shape index (κ3) is 14.3. The molecule has 0 saturated heterocycles. The maximum atomic E-state index is 12.2. The quantitative estimate of drug-likeness (QED) is 0.145. The zero-order valence-electron chi connectivity index (χ0n) is 18.1. The molecular weight excluding hydrogens is 391 g/mol. The molecule has 1 aromatic carbocycles. The van der Waals surface area contributed by atoms with E-state index in [0.717, 1.165) is 18.0 Å². The molecule has 0 N–H and O–H groups in total. The number of hydrogen-bond donors (Lipinski definition) is 0. The molecule has 0 aliphatic carbocycles. The summed E-state index contributed by atoms with van der Waals surface area (Å²) in [5, 5.41) is 12.9. The number of hydrogen-bond acceptors (Lipinski definition) is 2. The zero-order valence-corrected chi connectivity index (χ0v) is 19.7. The van der Waals surface area contributed by atoms with Crippen molar-refractivity contribution in [1.29, 1.82) is 0 Å². The van der Waals surface area contributed by atoms with Crippen LogP contribution in [0.25, 0.3) is 0 Å². The monoisotopic (exact) mass is 430 g/mol. The van der Waals surface area contributed by atoms with Crippen molar-refractivity contribution in [1.82, 2.24) is 0 Å². The van der Waals surface area contributed by atoms with E-state index in [1.807, 2.05) is 24.3 Å². The first-order chi connectivity index (χ1) is 12.9. The van der Waals surface area contributed by atoms with Crippen molar-refractivity contribution in [2.24, 2.45) is 4.99 Å². The summed E-state index contributed by atoms with van der Waals surface area (Å²) >= 11 is 5.93. The number of likely N-dealkylation sites (N-methyl/N-ethyl adjacent to an activating group) is 1. The predicted molar refractivity (Wildman–Crippen MR) is 124 cm³/mol. The van der Waals surface area contributed by atoms with E-state index in [9.17, 15) is 5.11 Å². The summed E-state index contributed by atoms with van der Waals surface area (Å²) in [5.41, 5.74) is 1.19. The van der Waals surface area contributed by atoms with E-state index in [1.54, 1.807) is 0 Å². The molecule has 0 bridgehead atoms. The molecule has 0 heterocycles. The molecule has 3 nitrogen and oxygen atoms in total. The summed E-state index contributed by atoms with van der Waals surface area (Å²) in [6.45, 7) is 4.18. The highest BCUT2D eigenvalue weighted by atomic mass is 35.5. The van der Waals surface area contributed by atoms with Crippen LogP contribution in [0.3, 0.4) is 0 Å². The van der Waals surface area contributed by atoms with Gasteiger partial charge in [0.25, 0.3) is 0 Å². The Bertz CT molecular complexity index is 530. The average molecular weight is 431 g/mol. The minimum absolute atomic E-state index is 0. The van der Waals surface area contributed by atoms with Gasteiger partial charge in [0, 0.05) is 23.0 Å². The van der Waals surface area contributed by atoms with E-state index in [4.69, 9.17) is 11.6 Å². The van der Waals surface area contributed by atoms with Crippen LogP contribution in [0.4, 0.5) is 0 Å². The van der Waals surface area contributed by atoms with Crippen LogP contribution in [0, 0.1) is 0 Å². The fraction of sp³-hybridized carbons (Fsp3) is 0.696. The van der Waals surface area contributed by atoms with Gasteiger partial charge in [-0.3, -0.25) is 4.99 Å². The van der Waals surface area contributed by atoms with Crippen LogP contribution in [-0.4, -0.2) is 37.6 Å². The Morgan fingerprint density at radius 2 is 1.39 bits per heavy atom. The van der Waals surface area contributed by atoms with Crippen molar-refractivity contribution in [3.8, 4) is 0 Å². The van der Waals surface area contributed by atoms with Crippen LogP contribution >= 0.6 is 24.0 Å². The molecule has 0 radical (unpaired) electrons. The molecule has 1 aromatic rings. The number of benzene rings is 1. The standard InChI is InChI=1S/C23H39ClN2O.ClH/c1-4-5-6-7-8-9-10-11-12-13-18-25-23(27)20-26(2,3)19-21-14-16-22(24)17-15-21;/h14-17H,4-13,18-20H2,1-3H3;1H. The van der Waals surface area contributed by atoms with E-state index in [-0.39, 0.29) is 18.3 Å². The molecule has 1 rings (SSSR count). The van der Waals surface area contributed by atoms with Crippen molar-refractivity contribution in [2.75, 3.05) is 27.2 Å². The first-order valence-corrected chi connectivity index (χ1v) is 11.1. The highest BCUT2D eigenvalue weighted by molar-refractivity contribution is 6.30. The van der Waals surface area contributed by atoms with Gasteiger partial charge in [0.15, 0.2) is 0 Å². The lowest BCUT2D eigenvalue weighted by Gasteiger charge is -2.32. The highest BCUT2D eigenvalue weighted by Crippen LogP contribution is 2.14. The topological polar surface area (TPSA) is 35.4 Å². The van der Waals surface area contributed by atoms with Crippen LogP contribution < -0.4 is 5.11 Å². The van der Waals surface area contributed by atoms with Gasteiger partial charge >= 0.3 is 0 Å². The molecule has 0 atom stereocenters. The summed E-state index contributed by atoms with van der Waals surface area (Å²) in [7, 11) is 4.14. The van der Waals surface area contributed by atoms with Crippen molar-refractivity contribution in [3.05, 3.63) is 34.9 Å². The van der Waals surface area contributed by atoms with Gasteiger partial charge in [-0.1, -0.05) is 88.4 Å². The van der Waals surface area contributed by atoms with Crippen LogP contribution in [-0.2, 0) is 6.54 Å². The molecule has 162 valence electrons. The Balaban J connectivity index is 0.00000729. The SMILES string of the molecule is CCCCCCCCCCCCN=C([O-])C[N+](C)(C)Cc1ccc(Cl)cc1.Cl. The fourth-order valence-electron chi connectivity index (χ4n) is 3.36. The third-order valence-corrected chi connectivity index (χ3v) is 5.14. The van der Waals surface area contributed by atoms with E-state index >= 15 is 0 Å². The minimum atomic E-state index is 0. The summed E-state index contributed by atoms with van der Waals surface area (Å²) in [6.07, 6.45) is 13.0. The molecule has 0 saturated carbocycles. The minimum Gasteiger partial charge on any atom is -0.858 e. The second kappa shape index (κ2) is 16.1. The van der Waals surface area contributed by atoms with E-state index in [0.29, 0.717) is 17.6 Å². The molecule has 0 unspecified atom stereocenters. The lowest BCUT2D eigenvalue weighted by Crippen LogP contribution is -2.46. The van der Waals surface area contributed by atoms with Gasteiger partial charge in [-0.25, -0.2) is 0 Å². The Morgan fingerprint density at radius 3 is 1.93 bits per heavy atom. The molecule has 0 aliphatic heterocycles. The molecule has 0 fully saturated rings. The lowest BCUT2D eigenvalue weighted by molar-refractivity contribution is -0.896. The smallest absolute Gasteiger partial charge is 0.107 e. The number of aliphatic imine (C=N–C) groups is 1. The average Bonchev–Trinajstić information content (AvgIpc) is 2.61. The summed E-state index contributed by atoms with van der Waals surface area (Å²) in [5.74, 6) is 0.0184. The van der Waals surface area contributed by atoms with Crippen LogP contribution in [0.15, 0.2) is 29.3 Å². The third-order valence-electron chi connectivity index (χ3n) is 4.89. The maximum absolute atomic E-state index is 12.2. The number of halogens is 2. The second-order valence-corrected chi connectivity index (χ2v) is 8.77. The second-order valence-electron chi connectivity index (χ2n) is 8.34. The largest absolute Gasteiger partial charge is 0.858 e. The molecule has 0 amide bonds. The van der Waals surface area contributed by atoms with Crippen LogP contribution in [0.1, 0.15) is 76.7 Å². The van der Waals surface area contributed by atoms with Gasteiger partial charge in [0.1, 0.15) is 13.1 Å². The van der Waals surface area contributed by atoms with Gasteiger partial charge in [-0.2, -0.15) is 0 Å². The van der Waals surface area contributed by atoms with Crippen molar-refractivity contribution < 1.29 is 9.59 Å². The fourth-order valence-corrected chi connectivity index (χ4v) is 3.49. The number of quaternary nitrogens is 1. The normalized spacial score (nSPS) is 12.1. The predicted octanol–water partition coefficient (Wildman–Crippen LogP) is 6.02. The maximum Gasteiger partial charge on any atom is 0.107 e. The van der Waals surface area contributed by atoms with Crippen molar-refractivity contribution in [3.63, 3.8) is 0 Å². The molecule has 5 heteroatoms. The Labute approximate surface area is 184 Å². The first-order valence-electron chi connectivity index (χ1n) is 10.7. The molecule has 28 heavy (non-hydrogen) atoms. The Morgan fingerprint density at radius 1 is 0.893 bits per heavy atom. The highest BCUT2D eigenvalue weighted by Gasteiger charge is 2.15. The van der Waals surface area contributed by atoms with Gasteiger partial charge < -0.3 is 9.59 Å². The Hall–Kier alpha value is -0.770. The van der Waals surface area contributed by atoms with Gasteiger partial charge in [-0.05, 0) is 18.6 Å². The van der Waals surface area contributed by atoms with Gasteiger partial charge in [0.2, 0.25) is 0 Å². The van der Waals surface area contributed by atoms with Crippen LogP contribution in [0.2, 0.25) is 5.02 Å². The first kappa shape index (κ1) is 27.2. The van der Waals surface area contributed by atoms with E-state index < -0.39 is 0 Å². The molecular formula is C23H40Cl2N2O. The lowest BCUT2D eigenvalue weighted by atomic mass is 10.1. The summed E-state index contributed by atoms with van der Waals surface area (Å²) in [6, 6.07) is 7.84. The number of unbranched alkanes of at least 4 members (excludes halogenated alkanes) is 9. The molecule has 0 spiro atoms. The van der Waals surface area contributed by atoms with E-state index in [1.165, 1.54) is 63.4 Å². The molecule has 0 aromatic heterocycles. The zero-order chi connectivity index (χ0) is 20.0. The summed E-state index contributed by atoms with van der Waals surface area (Å²) < 4.78 is 0.613. The van der Waals surface area contributed by atoms with Gasteiger partial charge in [0.05, 0.1) is 14.1 Å². The molecule has 0 aliphatic rings.